The van der Waals surface area contributed by atoms with Gasteiger partial charge in [-0.1, -0.05) is 19.3 Å². The van der Waals surface area contributed by atoms with Gasteiger partial charge in [-0.3, -0.25) is 0 Å². The van der Waals surface area contributed by atoms with Crippen LogP contribution in [-0.4, -0.2) is 32.2 Å². The highest BCUT2D eigenvalue weighted by atomic mass is 127. The average Bonchev–Trinajstić information content (AvgIpc) is 1.85. The third-order valence-electron chi connectivity index (χ3n) is 2.53. The Morgan fingerprint density at radius 2 is 1.50 bits per heavy atom. The van der Waals surface area contributed by atoms with Gasteiger partial charge < -0.3 is 28.5 Å². The molecule has 1 nitrogen and oxygen atoms in total. The Labute approximate surface area is 94.1 Å². The zero-order valence-corrected chi connectivity index (χ0v) is 10.8. The molecule has 1 saturated carbocycles. The van der Waals surface area contributed by atoms with Crippen molar-refractivity contribution in [3.05, 3.63) is 0 Å². The van der Waals surface area contributed by atoms with Gasteiger partial charge in [-0.2, -0.15) is 0 Å². The quantitative estimate of drug-likeness (QED) is 0.463. The molecular weight excluding hydrogens is 261 g/mol. The fourth-order valence-corrected chi connectivity index (χ4v) is 2.14. The number of halogens is 1. The van der Waals surface area contributed by atoms with Gasteiger partial charge in [-0.25, -0.2) is 0 Å². The lowest BCUT2D eigenvalue weighted by molar-refractivity contribution is -0.874. The topological polar surface area (TPSA) is 0 Å². The summed E-state index contributed by atoms with van der Waals surface area (Å²) < 4.78 is 1.14. The highest BCUT2D eigenvalue weighted by Gasteiger charge is 2.19. The Morgan fingerprint density at radius 1 is 1.00 bits per heavy atom. The molecular formula is C10H22IN. The molecule has 0 N–H and O–H groups in total. The lowest BCUT2D eigenvalue weighted by Crippen LogP contribution is -3.00. The summed E-state index contributed by atoms with van der Waals surface area (Å²) in [6, 6.07) is 0. The largest absolute Gasteiger partial charge is 1.00 e. The first-order valence-corrected chi connectivity index (χ1v) is 4.88. The molecule has 0 unspecified atom stereocenters. The molecule has 1 aliphatic carbocycles. The van der Waals surface area contributed by atoms with E-state index in [9.17, 15) is 0 Å². The van der Waals surface area contributed by atoms with Crippen LogP contribution in [0.25, 0.3) is 0 Å². The van der Waals surface area contributed by atoms with E-state index in [2.05, 4.69) is 21.1 Å². The van der Waals surface area contributed by atoms with Crippen LogP contribution >= 0.6 is 0 Å². The van der Waals surface area contributed by atoms with Crippen LogP contribution in [0.3, 0.4) is 0 Å². The molecule has 0 radical (unpaired) electrons. The van der Waals surface area contributed by atoms with E-state index in [0.717, 1.165) is 10.4 Å². The van der Waals surface area contributed by atoms with Crippen molar-refractivity contribution in [2.24, 2.45) is 5.92 Å². The highest BCUT2D eigenvalue weighted by molar-refractivity contribution is 4.64. The Bertz CT molecular complexity index is 111. The van der Waals surface area contributed by atoms with Crippen molar-refractivity contribution in [1.82, 2.24) is 0 Å². The molecule has 0 bridgehead atoms. The number of hydrogen-bond acceptors (Lipinski definition) is 0. The summed E-state index contributed by atoms with van der Waals surface area (Å²) in [6.07, 6.45) is 7.40. The monoisotopic (exact) mass is 283 g/mol. The highest BCUT2D eigenvalue weighted by Crippen LogP contribution is 2.24. The third kappa shape index (κ3) is 5.36. The lowest BCUT2D eigenvalue weighted by Gasteiger charge is -2.31. The molecule has 1 fully saturated rings. The van der Waals surface area contributed by atoms with E-state index in [0.29, 0.717) is 0 Å². The normalized spacial score (nSPS) is 20.2. The first-order chi connectivity index (χ1) is 5.08. The van der Waals surface area contributed by atoms with E-state index in [4.69, 9.17) is 0 Å². The second kappa shape index (κ2) is 5.43. The molecule has 1 aliphatic rings. The van der Waals surface area contributed by atoms with Gasteiger partial charge in [0.05, 0.1) is 27.7 Å². The summed E-state index contributed by atoms with van der Waals surface area (Å²) in [4.78, 5) is 0. The minimum atomic E-state index is 0. The fourth-order valence-electron chi connectivity index (χ4n) is 2.14. The van der Waals surface area contributed by atoms with Crippen molar-refractivity contribution in [3.63, 3.8) is 0 Å². The number of quaternary nitrogens is 1. The second-order valence-electron chi connectivity index (χ2n) is 4.98. The standard InChI is InChI=1S/C10H22N.HI/c1-11(2,3)9-10-7-5-4-6-8-10;/h10H,4-9H2,1-3H3;1H/q+1;/p-1. The van der Waals surface area contributed by atoms with Crippen LogP contribution in [0, 0.1) is 5.92 Å². The van der Waals surface area contributed by atoms with Gasteiger partial charge >= 0.3 is 0 Å². The predicted molar refractivity (Wildman–Crippen MR) is 49.5 cm³/mol. The Hall–Kier alpha value is 0.690. The van der Waals surface area contributed by atoms with E-state index >= 15 is 0 Å². The smallest absolute Gasteiger partial charge is 0.0809 e. The van der Waals surface area contributed by atoms with Crippen molar-refractivity contribution < 1.29 is 28.5 Å². The molecule has 0 amide bonds. The number of rotatable bonds is 2. The number of hydrogen-bond donors (Lipinski definition) is 0. The summed E-state index contributed by atoms with van der Waals surface area (Å²) in [6.45, 7) is 1.38. The Balaban J connectivity index is 0.00000121. The van der Waals surface area contributed by atoms with Gasteiger partial charge in [-0.15, -0.1) is 0 Å². The third-order valence-corrected chi connectivity index (χ3v) is 2.53. The number of nitrogens with zero attached hydrogens (tertiary/aromatic N) is 1. The maximum atomic E-state index is 2.30. The summed E-state index contributed by atoms with van der Waals surface area (Å²) in [7, 11) is 6.90. The molecule has 1 rings (SSSR count). The molecule has 0 aliphatic heterocycles. The van der Waals surface area contributed by atoms with Crippen LogP contribution in [-0.2, 0) is 0 Å². The minimum absolute atomic E-state index is 0. The van der Waals surface area contributed by atoms with Crippen molar-refractivity contribution >= 4 is 0 Å². The van der Waals surface area contributed by atoms with E-state index in [1.165, 1.54) is 38.6 Å². The summed E-state index contributed by atoms with van der Waals surface area (Å²) in [5.41, 5.74) is 0. The van der Waals surface area contributed by atoms with Gasteiger partial charge in [0.2, 0.25) is 0 Å². The Kier molecular flexibility index (Phi) is 5.74. The minimum Gasteiger partial charge on any atom is -1.00 e. The molecule has 0 heterocycles. The van der Waals surface area contributed by atoms with Crippen LogP contribution in [0.2, 0.25) is 0 Å². The van der Waals surface area contributed by atoms with Gasteiger partial charge in [0.25, 0.3) is 0 Å². The van der Waals surface area contributed by atoms with Crippen LogP contribution in [0.5, 0.6) is 0 Å². The summed E-state index contributed by atoms with van der Waals surface area (Å²) in [5.74, 6) is 1.02. The van der Waals surface area contributed by atoms with Crippen LogP contribution in [0.15, 0.2) is 0 Å². The van der Waals surface area contributed by atoms with Gasteiger partial charge in [0.1, 0.15) is 0 Å². The lowest BCUT2D eigenvalue weighted by atomic mass is 9.89. The SMILES string of the molecule is C[N+](C)(C)CC1CCCCC1.[I-]. The second-order valence-corrected chi connectivity index (χ2v) is 4.98. The van der Waals surface area contributed by atoms with Crippen LogP contribution in [0.4, 0.5) is 0 Å². The van der Waals surface area contributed by atoms with Crippen molar-refractivity contribution in [2.75, 3.05) is 27.7 Å². The van der Waals surface area contributed by atoms with Gasteiger partial charge in [0.15, 0.2) is 0 Å². The molecule has 0 spiro atoms. The zero-order chi connectivity index (χ0) is 8.32. The maximum Gasteiger partial charge on any atom is 0.0809 e. The van der Waals surface area contributed by atoms with Gasteiger partial charge in [-0.05, 0) is 12.8 Å². The first-order valence-electron chi connectivity index (χ1n) is 4.88. The molecule has 0 atom stereocenters. The van der Waals surface area contributed by atoms with E-state index < -0.39 is 0 Å². The molecule has 2 heteroatoms. The fraction of sp³-hybridized carbons (Fsp3) is 1.00. The average molecular weight is 283 g/mol. The van der Waals surface area contributed by atoms with Gasteiger partial charge in [0, 0.05) is 5.92 Å². The van der Waals surface area contributed by atoms with E-state index in [1.54, 1.807) is 0 Å². The van der Waals surface area contributed by atoms with E-state index in [-0.39, 0.29) is 24.0 Å². The summed E-state index contributed by atoms with van der Waals surface area (Å²) in [5, 5.41) is 0. The first kappa shape index (κ1) is 12.7. The molecule has 0 aromatic rings. The van der Waals surface area contributed by atoms with Crippen LogP contribution in [0.1, 0.15) is 32.1 Å². The summed E-state index contributed by atoms with van der Waals surface area (Å²) >= 11 is 0. The van der Waals surface area contributed by atoms with Crippen LogP contribution < -0.4 is 24.0 Å². The molecule has 0 saturated heterocycles. The maximum absolute atomic E-state index is 2.30. The molecule has 0 aromatic heterocycles. The predicted octanol–water partition coefficient (Wildman–Crippen LogP) is -0.723. The van der Waals surface area contributed by atoms with E-state index in [1.807, 2.05) is 0 Å². The Morgan fingerprint density at radius 3 is 1.92 bits per heavy atom. The molecule has 0 aromatic carbocycles. The molecule has 74 valence electrons. The zero-order valence-electron chi connectivity index (χ0n) is 8.65. The van der Waals surface area contributed by atoms with Crippen molar-refractivity contribution in [3.8, 4) is 0 Å². The van der Waals surface area contributed by atoms with Crippen molar-refractivity contribution in [1.29, 1.82) is 0 Å². The van der Waals surface area contributed by atoms with Crippen molar-refractivity contribution in [2.45, 2.75) is 32.1 Å². The molecule has 12 heavy (non-hydrogen) atoms.